The Balaban J connectivity index is 2.08. The van der Waals surface area contributed by atoms with Gasteiger partial charge in [0, 0.05) is 22.2 Å². The lowest BCUT2D eigenvalue weighted by Crippen LogP contribution is -2.39. The molecule has 1 saturated carbocycles. The van der Waals surface area contributed by atoms with Crippen molar-refractivity contribution in [3.05, 3.63) is 32.4 Å². The van der Waals surface area contributed by atoms with Gasteiger partial charge in [-0.1, -0.05) is 18.5 Å². The van der Waals surface area contributed by atoms with E-state index in [4.69, 9.17) is 11.6 Å². The summed E-state index contributed by atoms with van der Waals surface area (Å²) >= 11 is 8.26. The first-order valence-electron chi connectivity index (χ1n) is 6.71. The van der Waals surface area contributed by atoms with Crippen LogP contribution in [0, 0.1) is 9.49 Å². The molecule has 19 heavy (non-hydrogen) atoms. The van der Waals surface area contributed by atoms with Crippen LogP contribution in [0.15, 0.2) is 18.2 Å². The van der Waals surface area contributed by atoms with Gasteiger partial charge in [-0.2, -0.15) is 0 Å². The summed E-state index contributed by atoms with van der Waals surface area (Å²) in [6.07, 6.45) is 4.66. The van der Waals surface area contributed by atoms with Crippen molar-refractivity contribution >= 4 is 40.1 Å². The minimum Gasteiger partial charge on any atom is -0.339 e. The Labute approximate surface area is 133 Å². The molecule has 0 N–H and O–H groups in total. The van der Waals surface area contributed by atoms with Gasteiger partial charge < -0.3 is 4.90 Å². The van der Waals surface area contributed by atoms with Crippen LogP contribution in [-0.4, -0.2) is 23.9 Å². The monoisotopic (exact) mass is 391 g/mol. The summed E-state index contributed by atoms with van der Waals surface area (Å²) < 4.78 is 0.977. The van der Waals surface area contributed by atoms with Gasteiger partial charge in [0.25, 0.3) is 5.91 Å². The molecule has 0 radical (unpaired) electrons. The highest BCUT2D eigenvalue weighted by atomic mass is 127. The van der Waals surface area contributed by atoms with E-state index < -0.39 is 0 Å². The molecule has 2 rings (SSSR count). The second kappa shape index (κ2) is 6.44. The van der Waals surface area contributed by atoms with Gasteiger partial charge in [-0.05, 0) is 72.4 Å². The predicted octanol–water partition coefficient (Wildman–Crippen LogP) is 4.60. The SMILES string of the molecule is CC1CCC(N(C)C(=O)c2ccc(I)c(Cl)c2)CC1. The maximum atomic E-state index is 12.5. The first-order valence-corrected chi connectivity index (χ1v) is 8.17. The van der Waals surface area contributed by atoms with Gasteiger partial charge in [0.05, 0.1) is 5.02 Å². The highest BCUT2D eigenvalue weighted by Crippen LogP contribution is 2.28. The highest BCUT2D eigenvalue weighted by Gasteiger charge is 2.25. The van der Waals surface area contributed by atoms with Crippen molar-refractivity contribution in [3.8, 4) is 0 Å². The number of rotatable bonds is 2. The summed E-state index contributed by atoms with van der Waals surface area (Å²) in [7, 11) is 1.91. The molecule has 1 aliphatic rings. The van der Waals surface area contributed by atoms with Crippen molar-refractivity contribution in [2.75, 3.05) is 7.05 Å². The molecule has 0 spiro atoms. The Hall–Kier alpha value is -0.290. The average Bonchev–Trinajstić information content (AvgIpc) is 2.41. The minimum atomic E-state index is 0.0813. The lowest BCUT2D eigenvalue weighted by Gasteiger charge is -2.33. The third-order valence-corrected chi connectivity index (χ3v) is 5.59. The van der Waals surface area contributed by atoms with Crippen molar-refractivity contribution in [1.82, 2.24) is 4.90 Å². The maximum Gasteiger partial charge on any atom is 0.253 e. The molecule has 0 aliphatic heterocycles. The zero-order valence-corrected chi connectivity index (χ0v) is 14.2. The first-order chi connectivity index (χ1) is 8.99. The second-order valence-electron chi connectivity index (χ2n) is 5.46. The molecule has 4 heteroatoms. The molecule has 0 heterocycles. The van der Waals surface area contributed by atoms with Gasteiger partial charge in [0.2, 0.25) is 0 Å². The van der Waals surface area contributed by atoms with Crippen LogP contribution >= 0.6 is 34.2 Å². The Morgan fingerprint density at radius 3 is 2.53 bits per heavy atom. The van der Waals surface area contributed by atoms with Crippen LogP contribution < -0.4 is 0 Å². The minimum absolute atomic E-state index is 0.0813. The number of hydrogen-bond donors (Lipinski definition) is 0. The van der Waals surface area contributed by atoms with Crippen LogP contribution in [0.1, 0.15) is 43.0 Å². The second-order valence-corrected chi connectivity index (χ2v) is 7.03. The fraction of sp³-hybridized carbons (Fsp3) is 0.533. The number of benzene rings is 1. The summed E-state index contributed by atoms with van der Waals surface area (Å²) in [4.78, 5) is 14.3. The molecule has 0 saturated heterocycles. The number of amides is 1. The summed E-state index contributed by atoms with van der Waals surface area (Å²) in [6.45, 7) is 2.29. The fourth-order valence-corrected chi connectivity index (χ4v) is 3.14. The van der Waals surface area contributed by atoms with Gasteiger partial charge in [0.15, 0.2) is 0 Å². The molecular formula is C15H19ClINO. The van der Waals surface area contributed by atoms with Gasteiger partial charge in [0.1, 0.15) is 0 Å². The smallest absolute Gasteiger partial charge is 0.253 e. The molecule has 1 fully saturated rings. The Bertz CT molecular complexity index is 469. The molecule has 1 amide bonds. The van der Waals surface area contributed by atoms with Gasteiger partial charge in [-0.3, -0.25) is 4.79 Å². The molecule has 0 atom stereocenters. The molecule has 1 aliphatic carbocycles. The number of halogens is 2. The van der Waals surface area contributed by atoms with E-state index in [1.807, 2.05) is 24.1 Å². The van der Waals surface area contributed by atoms with Crippen molar-refractivity contribution < 1.29 is 4.79 Å². The van der Waals surface area contributed by atoms with Gasteiger partial charge in [-0.15, -0.1) is 0 Å². The molecule has 0 unspecified atom stereocenters. The molecular weight excluding hydrogens is 373 g/mol. The van der Waals surface area contributed by atoms with E-state index in [1.54, 1.807) is 6.07 Å². The highest BCUT2D eigenvalue weighted by molar-refractivity contribution is 14.1. The van der Waals surface area contributed by atoms with Crippen LogP contribution in [0.3, 0.4) is 0 Å². The lowest BCUT2D eigenvalue weighted by molar-refractivity contribution is 0.0679. The molecule has 1 aromatic carbocycles. The molecule has 0 aromatic heterocycles. The van der Waals surface area contributed by atoms with E-state index in [2.05, 4.69) is 29.5 Å². The predicted molar refractivity (Wildman–Crippen MR) is 87.7 cm³/mol. The van der Waals surface area contributed by atoms with Gasteiger partial charge >= 0.3 is 0 Å². The fourth-order valence-electron chi connectivity index (χ4n) is 2.63. The van der Waals surface area contributed by atoms with Crippen molar-refractivity contribution in [3.63, 3.8) is 0 Å². The Morgan fingerprint density at radius 1 is 1.32 bits per heavy atom. The van der Waals surface area contributed by atoms with E-state index >= 15 is 0 Å². The van der Waals surface area contributed by atoms with Crippen molar-refractivity contribution in [2.45, 2.75) is 38.6 Å². The molecule has 0 bridgehead atoms. The lowest BCUT2D eigenvalue weighted by atomic mass is 9.86. The van der Waals surface area contributed by atoms with E-state index in [0.717, 1.165) is 22.3 Å². The van der Waals surface area contributed by atoms with E-state index in [0.29, 0.717) is 16.6 Å². The normalized spacial score (nSPS) is 23.2. The van der Waals surface area contributed by atoms with Crippen LogP contribution in [0.2, 0.25) is 5.02 Å². The van der Waals surface area contributed by atoms with E-state index in [9.17, 15) is 4.79 Å². The van der Waals surface area contributed by atoms with E-state index in [1.165, 1.54) is 12.8 Å². The molecule has 1 aromatic rings. The van der Waals surface area contributed by atoms with Crippen LogP contribution in [0.5, 0.6) is 0 Å². The average molecular weight is 392 g/mol. The standard InChI is InChI=1S/C15H19ClINO/c1-10-3-6-12(7-4-10)18(2)15(19)11-5-8-14(17)13(16)9-11/h5,8-10,12H,3-4,6-7H2,1-2H3. The van der Waals surface area contributed by atoms with Crippen molar-refractivity contribution in [2.24, 2.45) is 5.92 Å². The third kappa shape index (κ3) is 3.63. The number of nitrogens with zero attached hydrogens (tertiary/aromatic N) is 1. The summed E-state index contributed by atoms with van der Waals surface area (Å²) in [5.74, 6) is 0.880. The number of carbonyl (C=O) groups excluding carboxylic acids is 1. The van der Waals surface area contributed by atoms with Crippen LogP contribution in [0.25, 0.3) is 0 Å². The summed E-state index contributed by atoms with van der Waals surface area (Å²) in [5.41, 5.74) is 0.687. The number of hydrogen-bond acceptors (Lipinski definition) is 1. The maximum absolute atomic E-state index is 12.5. The first kappa shape index (κ1) is 15.1. The van der Waals surface area contributed by atoms with E-state index in [-0.39, 0.29) is 5.91 Å². The summed E-state index contributed by atoms with van der Waals surface area (Å²) in [5, 5.41) is 0.650. The topological polar surface area (TPSA) is 20.3 Å². The van der Waals surface area contributed by atoms with Crippen LogP contribution in [-0.2, 0) is 0 Å². The van der Waals surface area contributed by atoms with Crippen LogP contribution in [0.4, 0.5) is 0 Å². The zero-order valence-electron chi connectivity index (χ0n) is 11.3. The summed E-state index contributed by atoms with van der Waals surface area (Å²) in [6, 6.07) is 5.90. The largest absolute Gasteiger partial charge is 0.339 e. The third-order valence-electron chi connectivity index (χ3n) is 4.02. The Kier molecular flexibility index (Phi) is 5.12. The van der Waals surface area contributed by atoms with Gasteiger partial charge in [-0.25, -0.2) is 0 Å². The molecule has 2 nitrogen and oxygen atoms in total. The van der Waals surface area contributed by atoms with Crippen molar-refractivity contribution in [1.29, 1.82) is 0 Å². The Morgan fingerprint density at radius 2 is 1.95 bits per heavy atom. The zero-order chi connectivity index (χ0) is 14.0. The quantitative estimate of drug-likeness (QED) is 0.675. The number of carbonyl (C=O) groups is 1. The molecule has 104 valence electrons.